The number of aliphatic carboxylic acids is 1. The third kappa shape index (κ3) is 7.07. The number of amides is 3. The summed E-state index contributed by atoms with van der Waals surface area (Å²) >= 11 is 0. The summed E-state index contributed by atoms with van der Waals surface area (Å²) in [5, 5.41) is 13.8. The molecule has 0 saturated carbocycles. The van der Waals surface area contributed by atoms with Crippen LogP contribution in [0.1, 0.15) is 20.3 Å². The van der Waals surface area contributed by atoms with Gasteiger partial charge in [-0.3, -0.25) is 4.79 Å². The predicted molar refractivity (Wildman–Crippen MR) is 70.7 cm³/mol. The average Bonchev–Trinajstić information content (AvgIpc) is 2.26. The van der Waals surface area contributed by atoms with Gasteiger partial charge in [-0.05, 0) is 20.3 Å². The highest BCUT2D eigenvalue weighted by molar-refractivity contribution is 5.86. The van der Waals surface area contributed by atoms with Crippen LogP contribution in [0.5, 0.6) is 0 Å². The van der Waals surface area contributed by atoms with E-state index in [1.165, 1.54) is 13.1 Å². The van der Waals surface area contributed by atoms with Crippen molar-refractivity contribution in [3.8, 4) is 0 Å². The molecule has 0 aliphatic carbocycles. The number of carbonyl (C=O) groups is 3. The van der Waals surface area contributed by atoms with E-state index in [0.29, 0.717) is 0 Å². The smallest absolute Gasteiger partial charge is 0.326 e. The standard InChI is InChI=1S/C12H21N3O4/c1-5-6-9(11(17)18)14-12(19)15(4)7-10(16)13-8(2)3/h5,8-9H,1,6-7H2,2-4H3,(H,13,16)(H,14,19)(H,17,18). The topological polar surface area (TPSA) is 98.7 Å². The molecule has 108 valence electrons. The fourth-order valence-corrected chi connectivity index (χ4v) is 1.30. The molecule has 0 spiro atoms. The van der Waals surface area contributed by atoms with Crippen molar-refractivity contribution < 1.29 is 19.5 Å². The Bertz CT molecular complexity index is 355. The van der Waals surface area contributed by atoms with E-state index in [0.717, 1.165) is 4.90 Å². The highest BCUT2D eigenvalue weighted by Gasteiger charge is 2.21. The van der Waals surface area contributed by atoms with Crippen LogP contribution in [-0.2, 0) is 9.59 Å². The van der Waals surface area contributed by atoms with Crippen LogP contribution < -0.4 is 10.6 Å². The molecule has 0 aromatic carbocycles. The second kappa shape index (κ2) is 8.12. The summed E-state index contributed by atoms with van der Waals surface area (Å²) in [6.07, 6.45) is 1.53. The summed E-state index contributed by atoms with van der Waals surface area (Å²) in [4.78, 5) is 35.1. The molecule has 0 aromatic rings. The number of carbonyl (C=O) groups excluding carboxylic acids is 2. The molecule has 0 rings (SSSR count). The lowest BCUT2D eigenvalue weighted by Crippen LogP contribution is -2.49. The molecule has 0 fully saturated rings. The van der Waals surface area contributed by atoms with Crippen LogP contribution in [0, 0.1) is 0 Å². The van der Waals surface area contributed by atoms with Crippen molar-refractivity contribution in [3.05, 3.63) is 12.7 Å². The molecule has 0 bridgehead atoms. The van der Waals surface area contributed by atoms with E-state index in [9.17, 15) is 14.4 Å². The van der Waals surface area contributed by atoms with Crippen LogP contribution in [-0.4, -0.2) is 53.6 Å². The molecule has 1 unspecified atom stereocenters. The van der Waals surface area contributed by atoms with Crippen molar-refractivity contribution in [2.75, 3.05) is 13.6 Å². The summed E-state index contributed by atoms with van der Waals surface area (Å²) in [6.45, 7) is 6.91. The first-order chi connectivity index (χ1) is 8.77. The molecule has 1 atom stereocenters. The normalized spacial score (nSPS) is 11.6. The third-order valence-corrected chi connectivity index (χ3v) is 2.18. The van der Waals surface area contributed by atoms with E-state index in [1.54, 1.807) is 0 Å². The van der Waals surface area contributed by atoms with Crippen molar-refractivity contribution in [1.82, 2.24) is 15.5 Å². The van der Waals surface area contributed by atoms with Crippen LogP contribution in [0.25, 0.3) is 0 Å². The number of carboxylic acid groups (broad SMARTS) is 1. The predicted octanol–water partition coefficient (Wildman–Crippen LogP) is 0.182. The van der Waals surface area contributed by atoms with Gasteiger partial charge in [0.05, 0.1) is 0 Å². The molecule has 0 aliphatic rings. The highest BCUT2D eigenvalue weighted by Crippen LogP contribution is 1.95. The molecular weight excluding hydrogens is 250 g/mol. The Morgan fingerprint density at radius 2 is 1.89 bits per heavy atom. The molecule has 0 aliphatic heterocycles. The lowest BCUT2D eigenvalue weighted by atomic mass is 10.2. The Hall–Kier alpha value is -2.05. The lowest BCUT2D eigenvalue weighted by Gasteiger charge is -2.21. The quantitative estimate of drug-likeness (QED) is 0.575. The summed E-state index contributed by atoms with van der Waals surface area (Å²) in [6, 6.07) is -1.68. The summed E-state index contributed by atoms with van der Waals surface area (Å²) in [5.74, 6) is -1.45. The van der Waals surface area contributed by atoms with Crippen molar-refractivity contribution in [3.63, 3.8) is 0 Å². The molecular formula is C12H21N3O4. The number of hydrogen-bond donors (Lipinski definition) is 3. The minimum Gasteiger partial charge on any atom is -0.480 e. The number of hydrogen-bond acceptors (Lipinski definition) is 3. The van der Waals surface area contributed by atoms with Gasteiger partial charge in [0.1, 0.15) is 12.6 Å². The van der Waals surface area contributed by atoms with E-state index < -0.39 is 18.0 Å². The minimum atomic E-state index is -1.15. The van der Waals surface area contributed by atoms with E-state index in [2.05, 4.69) is 17.2 Å². The Kier molecular flexibility index (Phi) is 7.25. The van der Waals surface area contributed by atoms with Gasteiger partial charge in [0, 0.05) is 13.1 Å². The van der Waals surface area contributed by atoms with Gasteiger partial charge < -0.3 is 20.6 Å². The second-order valence-electron chi connectivity index (χ2n) is 4.44. The Balaban J connectivity index is 4.36. The van der Waals surface area contributed by atoms with Gasteiger partial charge in [-0.2, -0.15) is 0 Å². The van der Waals surface area contributed by atoms with Crippen LogP contribution in [0.2, 0.25) is 0 Å². The first-order valence-electron chi connectivity index (χ1n) is 5.92. The van der Waals surface area contributed by atoms with Gasteiger partial charge >= 0.3 is 12.0 Å². The Morgan fingerprint density at radius 3 is 2.32 bits per heavy atom. The first kappa shape index (κ1) is 16.9. The molecule has 0 saturated heterocycles. The maximum absolute atomic E-state index is 11.7. The van der Waals surface area contributed by atoms with Gasteiger partial charge in [0.25, 0.3) is 0 Å². The highest BCUT2D eigenvalue weighted by atomic mass is 16.4. The molecule has 0 radical (unpaired) electrons. The second-order valence-corrected chi connectivity index (χ2v) is 4.44. The summed E-state index contributed by atoms with van der Waals surface area (Å²) in [5.41, 5.74) is 0. The van der Waals surface area contributed by atoms with Gasteiger partial charge in [-0.25, -0.2) is 9.59 Å². The average molecular weight is 271 g/mol. The zero-order valence-electron chi connectivity index (χ0n) is 11.5. The van der Waals surface area contributed by atoms with Gasteiger partial charge in [-0.15, -0.1) is 6.58 Å². The van der Waals surface area contributed by atoms with Crippen LogP contribution in [0.4, 0.5) is 4.79 Å². The monoisotopic (exact) mass is 271 g/mol. The SMILES string of the molecule is C=CCC(NC(=O)N(C)CC(=O)NC(C)C)C(=O)O. The van der Waals surface area contributed by atoms with Gasteiger partial charge in [0.2, 0.25) is 5.91 Å². The van der Waals surface area contributed by atoms with Gasteiger partial charge in [-0.1, -0.05) is 6.08 Å². The van der Waals surface area contributed by atoms with Crippen LogP contribution >= 0.6 is 0 Å². The molecule has 19 heavy (non-hydrogen) atoms. The summed E-state index contributed by atoms with van der Waals surface area (Å²) in [7, 11) is 1.42. The molecule has 3 amide bonds. The van der Waals surface area contributed by atoms with Crippen molar-refractivity contribution in [1.29, 1.82) is 0 Å². The van der Waals surface area contributed by atoms with Gasteiger partial charge in [0.15, 0.2) is 0 Å². The Labute approximate surface area is 112 Å². The number of rotatable bonds is 7. The zero-order valence-corrected chi connectivity index (χ0v) is 11.5. The molecule has 0 heterocycles. The maximum atomic E-state index is 11.7. The fraction of sp³-hybridized carbons (Fsp3) is 0.583. The van der Waals surface area contributed by atoms with Crippen molar-refractivity contribution in [2.24, 2.45) is 0 Å². The van der Waals surface area contributed by atoms with E-state index in [1.807, 2.05) is 13.8 Å². The molecule has 7 nitrogen and oxygen atoms in total. The van der Waals surface area contributed by atoms with Crippen LogP contribution in [0.15, 0.2) is 12.7 Å². The van der Waals surface area contributed by atoms with Crippen LogP contribution in [0.3, 0.4) is 0 Å². The molecule has 7 heteroatoms. The first-order valence-corrected chi connectivity index (χ1v) is 5.92. The van der Waals surface area contributed by atoms with E-state index in [4.69, 9.17) is 5.11 Å². The largest absolute Gasteiger partial charge is 0.480 e. The number of carboxylic acids is 1. The maximum Gasteiger partial charge on any atom is 0.326 e. The van der Waals surface area contributed by atoms with Crippen molar-refractivity contribution >= 4 is 17.9 Å². The molecule has 3 N–H and O–H groups in total. The van der Waals surface area contributed by atoms with E-state index in [-0.39, 0.29) is 24.9 Å². The summed E-state index contributed by atoms with van der Waals surface area (Å²) < 4.78 is 0. The van der Waals surface area contributed by atoms with E-state index >= 15 is 0 Å². The Morgan fingerprint density at radius 1 is 1.32 bits per heavy atom. The van der Waals surface area contributed by atoms with Crippen molar-refractivity contribution in [2.45, 2.75) is 32.4 Å². The number of urea groups is 1. The minimum absolute atomic E-state index is 0.0171. The number of likely N-dealkylation sites (N-methyl/N-ethyl adjacent to an activating group) is 1. The molecule has 0 aromatic heterocycles. The third-order valence-electron chi connectivity index (χ3n) is 2.18. The number of nitrogens with zero attached hydrogens (tertiary/aromatic N) is 1. The fourth-order valence-electron chi connectivity index (χ4n) is 1.30. The lowest BCUT2D eigenvalue weighted by molar-refractivity contribution is -0.139. The zero-order chi connectivity index (χ0) is 15.0. The number of nitrogens with one attached hydrogen (secondary N) is 2.